The maximum absolute atomic E-state index is 13.2. The quantitative estimate of drug-likeness (QED) is 0.317. The van der Waals surface area contributed by atoms with E-state index in [-0.39, 0.29) is 32.7 Å². The highest BCUT2D eigenvalue weighted by molar-refractivity contribution is 6.46. The van der Waals surface area contributed by atoms with Gasteiger partial charge in [0.05, 0.1) is 29.3 Å². The zero-order valence-electron chi connectivity index (χ0n) is 19.2. The van der Waals surface area contributed by atoms with Crippen LogP contribution in [0.2, 0.25) is 10.0 Å². The summed E-state index contributed by atoms with van der Waals surface area (Å²) in [7, 11) is 1.41. The number of aliphatic hydroxyl groups is 1. The van der Waals surface area contributed by atoms with Gasteiger partial charge in [-0.1, -0.05) is 61.3 Å². The number of benzene rings is 2. The van der Waals surface area contributed by atoms with Crippen molar-refractivity contribution in [2.45, 2.75) is 26.8 Å². The van der Waals surface area contributed by atoms with Gasteiger partial charge in [0.15, 0.2) is 0 Å². The van der Waals surface area contributed by atoms with Crippen LogP contribution in [0.3, 0.4) is 0 Å². The van der Waals surface area contributed by atoms with Gasteiger partial charge >= 0.3 is 0 Å². The molecule has 0 spiro atoms. The Morgan fingerprint density at radius 2 is 1.82 bits per heavy atom. The van der Waals surface area contributed by atoms with Crippen molar-refractivity contribution in [3.8, 4) is 5.75 Å². The second kappa shape index (κ2) is 10.6. The molecule has 0 bridgehead atoms. The van der Waals surface area contributed by atoms with E-state index in [9.17, 15) is 14.7 Å². The minimum atomic E-state index is -0.751. The normalized spacial score (nSPS) is 17.8. The van der Waals surface area contributed by atoms with Gasteiger partial charge in [-0.25, -0.2) is 0 Å². The lowest BCUT2D eigenvalue weighted by molar-refractivity contribution is -0.140. The van der Waals surface area contributed by atoms with Gasteiger partial charge in [0.2, 0.25) is 0 Å². The predicted octanol–water partition coefficient (Wildman–Crippen LogP) is 5.07. The van der Waals surface area contributed by atoms with Crippen molar-refractivity contribution in [1.29, 1.82) is 0 Å². The van der Waals surface area contributed by atoms with Crippen molar-refractivity contribution in [1.82, 2.24) is 9.80 Å². The summed E-state index contributed by atoms with van der Waals surface area (Å²) in [6.07, 6.45) is 0. The number of aryl methyl sites for hydroxylation is 1. The number of ketones is 1. The molecule has 1 saturated heterocycles. The average Bonchev–Trinajstić information content (AvgIpc) is 3.04. The number of rotatable bonds is 8. The van der Waals surface area contributed by atoms with Crippen LogP contribution in [0, 0.1) is 6.92 Å². The van der Waals surface area contributed by atoms with E-state index in [1.807, 2.05) is 45.0 Å². The van der Waals surface area contributed by atoms with Gasteiger partial charge in [0.25, 0.3) is 11.7 Å². The molecule has 1 aliphatic rings. The third-order valence-corrected chi connectivity index (χ3v) is 6.54. The molecule has 33 heavy (non-hydrogen) atoms. The first-order valence-corrected chi connectivity index (χ1v) is 11.6. The average molecular weight is 491 g/mol. The number of carbonyl (C=O) groups excluding carboxylic acids is 2. The van der Waals surface area contributed by atoms with Gasteiger partial charge in [-0.15, -0.1) is 0 Å². The summed E-state index contributed by atoms with van der Waals surface area (Å²) in [5.74, 6) is -1.59. The number of halogens is 2. The van der Waals surface area contributed by atoms with Gasteiger partial charge in [-0.3, -0.25) is 9.59 Å². The Hall–Kier alpha value is -2.54. The molecule has 0 radical (unpaired) electrons. The second-order valence-corrected chi connectivity index (χ2v) is 8.69. The van der Waals surface area contributed by atoms with E-state index in [2.05, 4.69) is 4.90 Å². The zero-order chi connectivity index (χ0) is 24.3. The number of methoxy groups -OCH3 is 1. The molecule has 1 N–H and O–H groups in total. The number of nitrogens with zero attached hydrogens (tertiary/aromatic N) is 2. The fourth-order valence-corrected chi connectivity index (χ4v) is 4.78. The molecular weight excluding hydrogens is 463 g/mol. The standard InChI is InChI=1S/C25H28Cl2N2O4/c1-5-28(6-2)11-12-29-21(17-10-8-7-9-15(17)3)20(23(31)25(29)32)22(30)18-13-16(26)14-19(27)24(18)33-4/h7-10,13-14,21,30H,5-6,11-12H2,1-4H3/b22-20+. The summed E-state index contributed by atoms with van der Waals surface area (Å²) in [5, 5.41) is 11.8. The Morgan fingerprint density at radius 1 is 1.15 bits per heavy atom. The van der Waals surface area contributed by atoms with Crippen molar-refractivity contribution in [3.05, 3.63) is 68.7 Å². The number of Topliss-reactive ketones (excluding diaryl/α,β-unsaturated/α-hetero) is 1. The van der Waals surface area contributed by atoms with Crippen LogP contribution in [0.15, 0.2) is 42.0 Å². The Balaban J connectivity index is 2.22. The molecule has 1 aliphatic heterocycles. The van der Waals surface area contributed by atoms with Crippen molar-refractivity contribution in [2.75, 3.05) is 33.3 Å². The maximum Gasteiger partial charge on any atom is 0.295 e. The summed E-state index contributed by atoms with van der Waals surface area (Å²) in [6.45, 7) is 8.61. The Bertz CT molecular complexity index is 1100. The summed E-state index contributed by atoms with van der Waals surface area (Å²) in [4.78, 5) is 30.1. The van der Waals surface area contributed by atoms with Crippen LogP contribution in [0.4, 0.5) is 0 Å². The molecule has 1 fully saturated rings. The molecule has 6 nitrogen and oxygen atoms in total. The molecule has 0 aromatic heterocycles. The number of hydrogen-bond donors (Lipinski definition) is 1. The zero-order valence-corrected chi connectivity index (χ0v) is 20.7. The molecule has 0 saturated carbocycles. The number of carbonyl (C=O) groups is 2. The van der Waals surface area contributed by atoms with E-state index in [0.717, 1.165) is 24.2 Å². The van der Waals surface area contributed by atoms with Crippen LogP contribution in [0.25, 0.3) is 5.76 Å². The molecule has 1 unspecified atom stereocenters. The Morgan fingerprint density at radius 3 is 2.42 bits per heavy atom. The highest BCUT2D eigenvalue weighted by Crippen LogP contribution is 2.43. The molecule has 0 aliphatic carbocycles. The van der Waals surface area contributed by atoms with Crippen molar-refractivity contribution in [2.24, 2.45) is 0 Å². The lowest BCUT2D eigenvalue weighted by Crippen LogP contribution is -2.38. The predicted molar refractivity (Wildman–Crippen MR) is 131 cm³/mol. The van der Waals surface area contributed by atoms with Gasteiger partial charge in [-0.2, -0.15) is 0 Å². The first-order valence-electron chi connectivity index (χ1n) is 10.8. The molecular formula is C25H28Cl2N2O4. The monoisotopic (exact) mass is 490 g/mol. The lowest BCUT2D eigenvalue weighted by atomic mass is 9.92. The molecule has 1 heterocycles. The highest BCUT2D eigenvalue weighted by Gasteiger charge is 2.46. The van der Waals surface area contributed by atoms with Crippen LogP contribution < -0.4 is 4.74 Å². The summed E-state index contributed by atoms with van der Waals surface area (Å²) in [5.41, 5.74) is 1.82. The summed E-state index contributed by atoms with van der Waals surface area (Å²) in [6, 6.07) is 9.73. The molecule has 176 valence electrons. The van der Waals surface area contributed by atoms with Crippen LogP contribution in [0.5, 0.6) is 5.75 Å². The van der Waals surface area contributed by atoms with Crippen LogP contribution in [-0.2, 0) is 9.59 Å². The fraction of sp³-hybridized carbons (Fsp3) is 0.360. The van der Waals surface area contributed by atoms with Crippen molar-refractivity contribution >= 4 is 40.7 Å². The number of hydrogen-bond acceptors (Lipinski definition) is 5. The molecule has 8 heteroatoms. The largest absolute Gasteiger partial charge is 0.507 e. The maximum atomic E-state index is 13.2. The van der Waals surface area contributed by atoms with Gasteiger partial charge < -0.3 is 19.6 Å². The van der Waals surface area contributed by atoms with Crippen LogP contribution in [-0.4, -0.2) is 59.9 Å². The van der Waals surface area contributed by atoms with E-state index >= 15 is 0 Å². The highest BCUT2D eigenvalue weighted by atomic mass is 35.5. The smallest absolute Gasteiger partial charge is 0.295 e. The molecule has 1 atom stereocenters. The molecule has 2 aromatic rings. The topological polar surface area (TPSA) is 70.1 Å². The Labute approximate surface area is 204 Å². The van der Waals surface area contributed by atoms with Gasteiger partial charge in [0.1, 0.15) is 11.5 Å². The number of aliphatic hydroxyl groups excluding tert-OH is 1. The lowest BCUT2D eigenvalue weighted by Gasteiger charge is -2.29. The molecule has 3 rings (SSSR count). The van der Waals surface area contributed by atoms with Gasteiger partial charge in [-0.05, 0) is 43.3 Å². The first-order chi connectivity index (χ1) is 15.7. The van der Waals surface area contributed by atoms with Crippen molar-refractivity contribution in [3.63, 3.8) is 0 Å². The fourth-order valence-electron chi connectivity index (χ4n) is 4.21. The number of likely N-dealkylation sites (N-methyl/N-ethyl adjacent to an activating group) is 1. The molecule has 1 amide bonds. The Kier molecular flexibility index (Phi) is 8.05. The summed E-state index contributed by atoms with van der Waals surface area (Å²) >= 11 is 12.4. The van der Waals surface area contributed by atoms with Gasteiger partial charge in [0, 0.05) is 18.1 Å². The SMILES string of the molecule is CCN(CC)CCN1C(=O)C(=O)/C(=C(/O)c2cc(Cl)cc(Cl)c2OC)C1c1ccccc1C. The van der Waals surface area contributed by atoms with Crippen LogP contribution in [0.1, 0.15) is 36.6 Å². The van der Waals surface area contributed by atoms with E-state index in [1.165, 1.54) is 24.1 Å². The van der Waals surface area contributed by atoms with Crippen LogP contribution >= 0.6 is 23.2 Å². The number of likely N-dealkylation sites (tertiary alicyclic amines) is 1. The van der Waals surface area contributed by atoms with Crippen molar-refractivity contribution < 1.29 is 19.4 Å². The minimum Gasteiger partial charge on any atom is -0.507 e. The number of amides is 1. The van der Waals surface area contributed by atoms with E-state index in [4.69, 9.17) is 27.9 Å². The molecule has 2 aromatic carbocycles. The number of ether oxygens (including phenoxy) is 1. The van der Waals surface area contributed by atoms with E-state index in [0.29, 0.717) is 13.1 Å². The van der Waals surface area contributed by atoms with E-state index in [1.54, 1.807) is 0 Å². The minimum absolute atomic E-state index is 0.00881. The third kappa shape index (κ3) is 4.88. The summed E-state index contributed by atoms with van der Waals surface area (Å²) < 4.78 is 5.37. The first kappa shape index (κ1) is 25.1. The second-order valence-electron chi connectivity index (χ2n) is 7.84. The van der Waals surface area contributed by atoms with E-state index < -0.39 is 17.7 Å². The third-order valence-electron chi connectivity index (χ3n) is 6.04.